The molecule has 1 heterocycles. The number of aryl methyl sites for hydroxylation is 1. The molecular formula is C22H19N3O. The van der Waals surface area contributed by atoms with E-state index in [1.54, 1.807) is 30.3 Å². The van der Waals surface area contributed by atoms with Crippen molar-refractivity contribution in [3.05, 3.63) is 94.3 Å². The molecule has 0 aliphatic carbocycles. The summed E-state index contributed by atoms with van der Waals surface area (Å²) in [5.41, 5.74) is 4.32. The van der Waals surface area contributed by atoms with Gasteiger partial charge in [-0.1, -0.05) is 60.7 Å². The van der Waals surface area contributed by atoms with E-state index in [-0.39, 0.29) is 11.4 Å². The summed E-state index contributed by atoms with van der Waals surface area (Å²) in [5, 5.41) is 14.1. The van der Waals surface area contributed by atoms with Crippen molar-refractivity contribution in [1.29, 1.82) is 5.26 Å². The number of nitrogens with zero attached hydrogens (tertiary/aromatic N) is 3. The third-order valence-corrected chi connectivity index (χ3v) is 4.30. The number of aromatic nitrogens is 2. The summed E-state index contributed by atoms with van der Waals surface area (Å²) in [4.78, 5) is 12.6. The minimum Gasteiger partial charge on any atom is -0.288 e. The number of ketones is 1. The Balaban J connectivity index is 1.95. The van der Waals surface area contributed by atoms with Crippen molar-refractivity contribution in [3.8, 4) is 6.07 Å². The van der Waals surface area contributed by atoms with Gasteiger partial charge in [-0.05, 0) is 25.5 Å². The van der Waals surface area contributed by atoms with Crippen LogP contribution in [0, 0.1) is 25.2 Å². The lowest BCUT2D eigenvalue weighted by Gasteiger charge is -2.05. The van der Waals surface area contributed by atoms with Gasteiger partial charge in [0.15, 0.2) is 0 Å². The first kappa shape index (κ1) is 17.4. The molecule has 0 aliphatic rings. The zero-order valence-electron chi connectivity index (χ0n) is 14.8. The van der Waals surface area contributed by atoms with Crippen LogP contribution in [0.25, 0.3) is 6.08 Å². The summed E-state index contributed by atoms with van der Waals surface area (Å²) >= 11 is 0. The minimum absolute atomic E-state index is 0.113. The van der Waals surface area contributed by atoms with Crippen molar-refractivity contribution in [3.63, 3.8) is 0 Å². The number of hydrogen-bond acceptors (Lipinski definition) is 3. The lowest BCUT2D eigenvalue weighted by molar-refractivity contribution is 0.104. The molecular weight excluding hydrogens is 322 g/mol. The Morgan fingerprint density at radius 1 is 1.08 bits per heavy atom. The molecule has 0 atom stereocenters. The summed E-state index contributed by atoms with van der Waals surface area (Å²) in [6, 6.07) is 20.9. The van der Waals surface area contributed by atoms with Gasteiger partial charge in [-0.15, -0.1) is 0 Å². The van der Waals surface area contributed by atoms with Crippen LogP contribution in [-0.2, 0) is 6.54 Å². The standard InChI is InChI=1S/C22H19N3O/c1-16-21(13-20(14-23)22(26)19-11-7-4-8-12-19)17(2)25(24-16)15-18-9-5-3-6-10-18/h3-13H,15H2,1-2H3. The Kier molecular flexibility index (Phi) is 5.09. The zero-order chi connectivity index (χ0) is 18.5. The summed E-state index contributed by atoms with van der Waals surface area (Å²) < 4.78 is 1.90. The highest BCUT2D eigenvalue weighted by Gasteiger charge is 2.16. The number of rotatable bonds is 5. The van der Waals surface area contributed by atoms with Crippen molar-refractivity contribution in [2.75, 3.05) is 0 Å². The highest BCUT2D eigenvalue weighted by atomic mass is 16.1. The summed E-state index contributed by atoms with van der Waals surface area (Å²) in [7, 11) is 0. The van der Waals surface area contributed by atoms with Gasteiger partial charge in [0.25, 0.3) is 0 Å². The molecule has 0 saturated heterocycles. The van der Waals surface area contributed by atoms with E-state index in [1.807, 2.05) is 61.0 Å². The molecule has 4 nitrogen and oxygen atoms in total. The van der Waals surface area contributed by atoms with Crippen LogP contribution in [0.3, 0.4) is 0 Å². The molecule has 0 bridgehead atoms. The smallest absolute Gasteiger partial charge is 0.203 e. The second kappa shape index (κ2) is 7.62. The van der Waals surface area contributed by atoms with E-state index in [2.05, 4.69) is 5.10 Å². The van der Waals surface area contributed by atoms with E-state index in [1.165, 1.54) is 0 Å². The van der Waals surface area contributed by atoms with E-state index in [0.717, 1.165) is 22.5 Å². The Morgan fingerprint density at radius 2 is 1.69 bits per heavy atom. The molecule has 0 radical (unpaired) electrons. The first-order valence-corrected chi connectivity index (χ1v) is 8.39. The molecule has 0 fully saturated rings. The second-order valence-corrected chi connectivity index (χ2v) is 6.09. The third kappa shape index (κ3) is 3.62. The predicted octanol–water partition coefficient (Wildman–Crippen LogP) is 4.34. The molecule has 128 valence electrons. The minimum atomic E-state index is -0.275. The molecule has 0 saturated carbocycles. The number of hydrogen-bond donors (Lipinski definition) is 0. The Morgan fingerprint density at radius 3 is 2.31 bits per heavy atom. The first-order valence-electron chi connectivity index (χ1n) is 8.39. The average molecular weight is 341 g/mol. The Labute approximate surface area is 153 Å². The second-order valence-electron chi connectivity index (χ2n) is 6.09. The molecule has 3 rings (SSSR count). The Hall–Kier alpha value is -3.45. The van der Waals surface area contributed by atoms with Gasteiger partial charge in [0.1, 0.15) is 11.6 Å². The maximum Gasteiger partial charge on any atom is 0.203 e. The van der Waals surface area contributed by atoms with Crippen LogP contribution in [0.15, 0.2) is 66.2 Å². The fraction of sp³-hybridized carbons (Fsp3) is 0.136. The maximum atomic E-state index is 12.6. The predicted molar refractivity (Wildman–Crippen MR) is 102 cm³/mol. The van der Waals surface area contributed by atoms with Crippen LogP contribution in [0.1, 0.15) is 32.9 Å². The number of allylic oxidation sites excluding steroid dienone is 1. The molecule has 0 unspecified atom stereocenters. The van der Waals surface area contributed by atoms with Crippen LogP contribution in [0.5, 0.6) is 0 Å². The van der Waals surface area contributed by atoms with Gasteiger partial charge in [-0.3, -0.25) is 9.48 Å². The number of carbonyl (C=O) groups is 1. The van der Waals surface area contributed by atoms with Crippen LogP contribution in [0.4, 0.5) is 0 Å². The van der Waals surface area contributed by atoms with Gasteiger partial charge < -0.3 is 0 Å². The largest absolute Gasteiger partial charge is 0.288 e. The lowest BCUT2D eigenvalue weighted by atomic mass is 10.0. The molecule has 1 aromatic heterocycles. The fourth-order valence-electron chi connectivity index (χ4n) is 2.87. The van der Waals surface area contributed by atoms with Gasteiger partial charge >= 0.3 is 0 Å². The van der Waals surface area contributed by atoms with E-state index in [9.17, 15) is 10.1 Å². The molecule has 3 aromatic rings. The van der Waals surface area contributed by atoms with Gasteiger partial charge in [0.05, 0.1) is 12.2 Å². The monoisotopic (exact) mass is 341 g/mol. The van der Waals surface area contributed by atoms with Gasteiger partial charge in [-0.25, -0.2) is 0 Å². The van der Waals surface area contributed by atoms with Crippen LogP contribution in [0.2, 0.25) is 0 Å². The van der Waals surface area contributed by atoms with Crippen LogP contribution >= 0.6 is 0 Å². The normalized spacial score (nSPS) is 11.2. The zero-order valence-corrected chi connectivity index (χ0v) is 14.8. The molecule has 26 heavy (non-hydrogen) atoms. The van der Waals surface area contributed by atoms with E-state index in [4.69, 9.17) is 0 Å². The van der Waals surface area contributed by atoms with Crippen LogP contribution in [-0.4, -0.2) is 15.6 Å². The SMILES string of the molecule is Cc1nn(Cc2ccccc2)c(C)c1C=C(C#N)C(=O)c1ccccc1. The van der Waals surface area contributed by atoms with Gasteiger partial charge in [-0.2, -0.15) is 10.4 Å². The quantitative estimate of drug-likeness (QED) is 0.394. The highest BCUT2D eigenvalue weighted by Crippen LogP contribution is 2.20. The van der Waals surface area contributed by atoms with Gasteiger partial charge in [0.2, 0.25) is 5.78 Å². The van der Waals surface area contributed by atoms with Crippen LogP contribution < -0.4 is 0 Å². The Bertz CT molecular complexity index is 993. The molecule has 0 N–H and O–H groups in total. The fourth-order valence-corrected chi connectivity index (χ4v) is 2.87. The summed E-state index contributed by atoms with van der Waals surface area (Å²) in [6.07, 6.45) is 1.65. The number of Topliss-reactive ketones (excluding diaryl/α,β-unsaturated/α-hetero) is 1. The molecule has 2 aromatic carbocycles. The number of benzene rings is 2. The molecule has 0 spiro atoms. The van der Waals surface area contributed by atoms with Crippen molar-refractivity contribution in [1.82, 2.24) is 9.78 Å². The first-order chi connectivity index (χ1) is 12.6. The van der Waals surface area contributed by atoms with Gasteiger partial charge in [0, 0.05) is 16.8 Å². The van der Waals surface area contributed by atoms with E-state index in [0.29, 0.717) is 12.1 Å². The lowest BCUT2D eigenvalue weighted by Crippen LogP contribution is -2.04. The van der Waals surface area contributed by atoms with E-state index >= 15 is 0 Å². The summed E-state index contributed by atoms with van der Waals surface area (Å²) in [5.74, 6) is -0.275. The summed E-state index contributed by atoms with van der Waals surface area (Å²) in [6.45, 7) is 4.49. The third-order valence-electron chi connectivity index (χ3n) is 4.30. The number of nitriles is 1. The topological polar surface area (TPSA) is 58.7 Å². The molecule has 0 amide bonds. The van der Waals surface area contributed by atoms with Crippen molar-refractivity contribution < 1.29 is 4.79 Å². The van der Waals surface area contributed by atoms with Crippen molar-refractivity contribution in [2.45, 2.75) is 20.4 Å². The van der Waals surface area contributed by atoms with Crippen molar-refractivity contribution in [2.24, 2.45) is 0 Å². The molecule has 0 aliphatic heterocycles. The van der Waals surface area contributed by atoms with Crippen molar-refractivity contribution >= 4 is 11.9 Å². The maximum absolute atomic E-state index is 12.6. The van der Waals surface area contributed by atoms with E-state index < -0.39 is 0 Å². The highest BCUT2D eigenvalue weighted by molar-refractivity contribution is 6.14. The molecule has 4 heteroatoms. The number of carbonyl (C=O) groups excluding carboxylic acids is 1. The average Bonchev–Trinajstić information content (AvgIpc) is 2.94.